The van der Waals surface area contributed by atoms with Crippen LogP contribution in [0.25, 0.3) is 0 Å². The maximum absolute atomic E-state index is 15.0. The molecule has 1 unspecified atom stereocenters. The summed E-state index contributed by atoms with van der Waals surface area (Å²) in [5, 5.41) is 0. The quantitative estimate of drug-likeness (QED) is 0.224. The molecule has 0 heterocycles. The average Bonchev–Trinajstić information content (AvgIpc) is 2.79. The highest BCUT2D eigenvalue weighted by Gasteiger charge is 2.25. The van der Waals surface area contributed by atoms with E-state index in [0.29, 0.717) is 29.8 Å². The van der Waals surface area contributed by atoms with Crippen molar-refractivity contribution in [2.24, 2.45) is 0 Å². The summed E-state index contributed by atoms with van der Waals surface area (Å²) in [7, 11) is 2.68. The summed E-state index contributed by atoms with van der Waals surface area (Å²) in [5.41, 5.74) is 3.42. The SMILES string of the molecule is C=C(C)C(=O)c1c(C)c(F)cc(N(CP)Cc2ccccc2)c1OCc1ccccc1. The number of hydrogen-bond donors (Lipinski definition) is 0. The van der Waals surface area contributed by atoms with Gasteiger partial charge in [-0.15, -0.1) is 9.24 Å². The lowest BCUT2D eigenvalue weighted by Gasteiger charge is -2.28. The number of nitrogens with zero attached hydrogens (tertiary/aromatic N) is 1. The van der Waals surface area contributed by atoms with Crippen molar-refractivity contribution in [3.05, 3.63) is 107 Å². The van der Waals surface area contributed by atoms with E-state index in [1.807, 2.05) is 65.6 Å². The van der Waals surface area contributed by atoms with Crippen LogP contribution < -0.4 is 9.64 Å². The van der Waals surface area contributed by atoms with Gasteiger partial charge in [0.15, 0.2) is 11.5 Å². The molecule has 160 valence electrons. The van der Waals surface area contributed by atoms with Crippen LogP contribution in [0.5, 0.6) is 5.75 Å². The Morgan fingerprint density at radius 3 is 2.19 bits per heavy atom. The minimum atomic E-state index is -0.442. The lowest BCUT2D eigenvalue weighted by molar-refractivity contribution is 0.102. The molecule has 3 nitrogen and oxygen atoms in total. The molecule has 0 aliphatic heterocycles. The zero-order chi connectivity index (χ0) is 22.4. The van der Waals surface area contributed by atoms with Crippen molar-refractivity contribution in [2.75, 3.05) is 11.2 Å². The summed E-state index contributed by atoms with van der Waals surface area (Å²) in [6.45, 7) is 7.83. The number of Topliss-reactive ketones (excluding diaryl/α,β-unsaturated/α-hetero) is 1. The molecule has 3 aromatic rings. The van der Waals surface area contributed by atoms with E-state index in [9.17, 15) is 9.18 Å². The van der Waals surface area contributed by atoms with E-state index < -0.39 is 5.82 Å². The van der Waals surface area contributed by atoms with Crippen molar-refractivity contribution in [2.45, 2.75) is 27.0 Å². The number of carbonyl (C=O) groups excluding carboxylic acids is 1. The fourth-order valence-corrected chi connectivity index (χ4v) is 3.69. The Balaban J connectivity index is 2.11. The molecular formula is C26H27FNO2P. The van der Waals surface area contributed by atoms with Crippen molar-refractivity contribution >= 4 is 20.7 Å². The molecule has 0 fully saturated rings. The van der Waals surface area contributed by atoms with Gasteiger partial charge >= 0.3 is 0 Å². The predicted molar refractivity (Wildman–Crippen MR) is 128 cm³/mol. The van der Waals surface area contributed by atoms with Crippen LogP contribution in [0.2, 0.25) is 0 Å². The Labute approximate surface area is 185 Å². The topological polar surface area (TPSA) is 29.5 Å². The number of carbonyl (C=O) groups is 1. The van der Waals surface area contributed by atoms with E-state index in [2.05, 4.69) is 15.8 Å². The van der Waals surface area contributed by atoms with Crippen molar-refractivity contribution in [1.29, 1.82) is 0 Å². The van der Waals surface area contributed by atoms with E-state index in [-0.39, 0.29) is 23.5 Å². The standard InChI is InChI=1S/C26H27FNO2P/c1-18(2)25(29)24-19(3)22(27)14-23(26(24)30-16-21-12-8-5-9-13-21)28(17-31)15-20-10-6-4-7-11-20/h4-14H,1,15-17,31H2,2-3H3. The smallest absolute Gasteiger partial charge is 0.192 e. The summed E-state index contributed by atoms with van der Waals surface area (Å²) in [6.07, 6.45) is 0.541. The van der Waals surface area contributed by atoms with Crippen LogP contribution in [0.3, 0.4) is 0 Å². The third-order valence-electron chi connectivity index (χ3n) is 5.07. The molecule has 0 radical (unpaired) electrons. The van der Waals surface area contributed by atoms with E-state index in [0.717, 1.165) is 11.1 Å². The van der Waals surface area contributed by atoms with E-state index in [1.165, 1.54) is 6.07 Å². The molecule has 31 heavy (non-hydrogen) atoms. The predicted octanol–water partition coefficient (Wildman–Crippen LogP) is 6.31. The fourth-order valence-electron chi connectivity index (χ4n) is 3.36. The largest absolute Gasteiger partial charge is 0.486 e. The van der Waals surface area contributed by atoms with E-state index >= 15 is 0 Å². The second-order valence-electron chi connectivity index (χ2n) is 7.46. The van der Waals surface area contributed by atoms with Crippen molar-refractivity contribution in [3.8, 4) is 5.75 Å². The molecule has 0 aliphatic rings. The van der Waals surface area contributed by atoms with Crippen LogP contribution >= 0.6 is 9.24 Å². The number of halogens is 1. The first kappa shape index (κ1) is 22.7. The summed E-state index contributed by atoms with van der Waals surface area (Å²) < 4.78 is 21.2. The van der Waals surface area contributed by atoms with Gasteiger partial charge in [0.2, 0.25) is 0 Å². The van der Waals surface area contributed by atoms with Crippen LogP contribution in [0.1, 0.15) is 34.0 Å². The molecule has 3 aromatic carbocycles. The zero-order valence-electron chi connectivity index (χ0n) is 17.9. The highest BCUT2D eigenvalue weighted by Crippen LogP contribution is 2.39. The molecule has 0 spiro atoms. The van der Waals surface area contributed by atoms with Crippen LogP contribution in [0.4, 0.5) is 10.1 Å². The van der Waals surface area contributed by atoms with Crippen LogP contribution in [-0.4, -0.2) is 12.1 Å². The average molecular weight is 435 g/mol. The van der Waals surface area contributed by atoms with Gasteiger partial charge in [-0.25, -0.2) is 4.39 Å². The molecule has 0 amide bonds. The normalized spacial score (nSPS) is 10.6. The summed E-state index contributed by atoms with van der Waals surface area (Å²) in [4.78, 5) is 15.0. The van der Waals surface area contributed by atoms with E-state index in [1.54, 1.807) is 13.8 Å². The van der Waals surface area contributed by atoms with Gasteiger partial charge in [-0.05, 0) is 36.1 Å². The molecular weight excluding hydrogens is 408 g/mol. The molecule has 3 rings (SSSR count). The minimum Gasteiger partial charge on any atom is -0.486 e. The number of ketones is 1. The molecule has 0 saturated carbocycles. The number of allylic oxidation sites excluding steroid dienone is 1. The number of ether oxygens (including phenoxy) is 1. The summed E-state index contributed by atoms with van der Waals surface area (Å²) in [5.74, 6) is -0.373. The lowest BCUT2D eigenvalue weighted by atomic mass is 9.97. The highest BCUT2D eigenvalue weighted by molar-refractivity contribution is 7.16. The molecule has 0 aromatic heterocycles. The van der Waals surface area contributed by atoms with Crippen LogP contribution in [0, 0.1) is 12.7 Å². The van der Waals surface area contributed by atoms with Gasteiger partial charge in [0.1, 0.15) is 12.4 Å². The van der Waals surface area contributed by atoms with Gasteiger partial charge in [-0.1, -0.05) is 67.2 Å². The summed E-state index contributed by atoms with van der Waals surface area (Å²) >= 11 is 0. The molecule has 1 atom stereocenters. The lowest BCUT2D eigenvalue weighted by Crippen LogP contribution is -2.23. The third-order valence-corrected chi connectivity index (χ3v) is 5.52. The number of benzene rings is 3. The van der Waals surface area contributed by atoms with Crippen molar-refractivity contribution < 1.29 is 13.9 Å². The maximum atomic E-state index is 15.0. The Bertz CT molecular complexity index is 1070. The second-order valence-corrected chi connectivity index (χ2v) is 7.82. The maximum Gasteiger partial charge on any atom is 0.192 e. The second kappa shape index (κ2) is 10.4. The number of rotatable bonds is 9. The number of hydrogen-bond acceptors (Lipinski definition) is 3. The Morgan fingerprint density at radius 1 is 1.06 bits per heavy atom. The molecule has 0 aliphatic carbocycles. The van der Waals surface area contributed by atoms with Gasteiger partial charge < -0.3 is 9.64 Å². The van der Waals surface area contributed by atoms with Gasteiger partial charge in [-0.2, -0.15) is 0 Å². The molecule has 5 heteroatoms. The molecule has 0 saturated heterocycles. The van der Waals surface area contributed by atoms with Gasteiger partial charge in [0.05, 0.1) is 11.3 Å². The zero-order valence-corrected chi connectivity index (χ0v) is 19.1. The van der Waals surface area contributed by atoms with Crippen LogP contribution in [-0.2, 0) is 13.2 Å². The monoisotopic (exact) mass is 435 g/mol. The van der Waals surface area contributed by atoms with Crippen molar-refractivity contribution in [3.63, 3.8) is 0 Å². The number of anilines is 1. The first-order valence-electron chi connectivity index (χ1n) is 10.1. The fraction of sp³-hybridized carbons (Fsp3) is 0.192. The van der Waals surface area contributed by atoms with Crippen molar-refractivity contribution in [1.82, 2.24) is 0 Å². The first-order valence-corrected chi connectivity index (χ1v) is 10.9. The first-order chi connectivity index (χ1) is 14.9. The summed E-state index contributed by atoms with van der Waals surface area (Å²) in [6, 6.07) is 21.1. The Hall–Kier alpha value is -2.97. The minimum absolute atomic E-state index is 0.231. The van der Waals surface area contributed by atoms with Gasteiger partial charge in [0, 0.05) is 18.9 Å². The molecule has 0 N–H and O–H groups in total. The van der Waals surface area contributed by atoms with E-state index in [4.69, 9.17) is 4.74 Å². The Morgan fingerprint density at radius 2 is 1.65 bits per heavy atom. The van der Waals surface area contributed by atoms with Crippen LogP contribution in [0.15, 0.2) is 78.9 Å². The van der Waals surface area contributed by atoms with Gasteiger partial charge in [0.25, 0.3) is 0 Å². The third kappa shape index (κ3) is 5.39. The highest BCUT2D eigenvalue weighted by atomic mass is 31.0. The molecule has 0 bridgehead atoms. The van der Waals surface area contributed by atoms with Gasteiger partial charge in [-0.3, -0.25) is 4.79 Å². The Kier molecular flexibility index (Phi) is 7.59.